The topological polar surface area (TPSA) is 21.3 Å². The Balaban J connectivity index is 2.20. The third-order valence-electron chi connectivity index (χ3n) is 2.96. The van der Waals surface area contributed by atoms with Crippen LogP contribution in [0, 0.1) is 5.92 Å². The van der Waals surface area contributed by atoms with Crippen molar-refractivity contribution < 1.29 is 4.74 Å². The van der Waals surface area contributed by atoms with E-state index in [0.29, 0.717) is 5.92 Å². The Labute approximate surface area is 74.0 Å². The van der Waals surface area contributed by atoms with Gasteiger partial charge in [-0.3, -0.25) is 0 Å². The van der Waals surface area contributed by atoms with E-state index in [0.717, 1.165) is 26.2 Å². The van der Waals surface area contributed by atoms with Crippen LogP contribution < -0.4 is 5.32 Å². The van der Waals surface area contributed by atoms with Gasteiger partial charge in [0.25, 0.3) is 0 Å². The van der Waals surface area contributed by atoms with Gasteiger partial charge in [-0.25, -0.2) is 0 Å². The molecule has 2 heterocycles. The average molecular weight is 167 g/mol. The van der Waals surface area contributed by atoms with Crippen molar-refractivity contribution in [2.75, 3.05) is 19.8 Å². The first-order valence-corrected chi connectivity index (χ1v) is 4.78. The molecule has 0 aliphatic carbocycles. The van der Waals surface area contributed by atoms with Crippen molar-refractivity contribution in [1.82, 2.24) is 5.32 Å². The fourth-order valence-electron chi connectivity index (χ4n) is 2.37. The zero-order valence-electron chi connectivity index (χ0n) is 7.89. The van der Waals surface area contributed by atoms with E-state index in [4.69, 9.17) is 4.74 Å². The van der Waals surface area contributed by atoms with Crippen molar-refractivity contribution in [1.29, 1.82) is 0 Å². The van der Waals surface area contributed by atoms with Gasteiger partial charge in [0.1, 0.15) is 0 Å². The highest BCUT2D eigenvalue weighted by Crippen LogP contribution is 2.34. The highest BCUT2D eigenvalue weighted by Gasteiger charge is 2.41. The normalized spacial score (nSPS) is 35.1. The second-order valence-electron chi connectivity index (χ2n) is 4.08. The number of hydrogen-bond acceptors (Lipinski definition) is 2. The maximum atomic E-state index is 5.46. The molecule has 2 nitrogen and oxygen atoms in total. The Hall–Kier alpha value is -0.340. The van der Waals surface area contributed by atoms with Gasteiger partial charge in [0.15, 0.2) is 0 Å². The molecule has 1 atom stereocenters. The maximum absolute atomic E-state index is 5.46. The predicted octanol–water partition coefficient (Wildman–Crippen LogP) is 1.33. The fraction of sp³-hybridized carbons (Fsp3) is 0.800. The summed E-state index contributed by atoms with van der Waals surface area (Å²) >= 11 is 0. The molecule has 2 aliphatic rings. The first kappa shape index (κ1) is 8.27. The summed E-state index contributed by atoms with van der Waals surface area (Å²) in [5.41, 5.74) is 1.77. The van der Waals surface area contributed by atoms with Crippen molar-refractivity contribution in [3.8, 4) is 0 Å². The van der Waals surface area contributed by atoms with Crippen LogP contribution in [0.1, 0.15) is 20.3 Å². The van der Waals surface area contributed by atoms with Gasteiger partial charge in [-0.2, -0.15) is 0 Å². The Morgan fingerprint density at radius 2 is 2.42 bits per heavy atom. The van der Waals surface area contributed by atoms with E-state index >= 15 is 0 Å². The quantitative estimate of drug-likeness (QED) is 0.595. The van der Waals surface area contributed by atoms with E-state index < -0.39 is 0 Å². The predicted molar refractivity (Wildman–Crippen MR) is 49.1 cm³/mol. The van der Waals surface area contributed by atoms with Crippen LogP contribution in [0.4, 0.5) is 0 Å². The molecule has 2 heteroatoms. The van der Waals surface area contributed by atoms with Crippen molar-refractivity contribution >= 4 is 0 Å². The second kappa shape index (κ2) is 2.86. The molecule has 12 heavy (non-hydrogen) atoms. The standard InChI is InChI=1S/C10H17NO/c1-8(2)9-3-5-11-10(9)4-6-12-7-10/h3,8,11H,4-7H2,1-2H3. The Morgan fingerprint density at radius 3 is 3.00 bits per heavy atom. The van der Waals surface area contributed by atoms with Crippen molar-refractivity contribution in [2.45, 2.75) is 25.8 Å². The molecule has 0 aromatic rings. The SMILES string of the molecule is CC(C)C1=CCNC12CCOC2. The monoisotopic (exact) mass is 167 g/mol. The lowest BCUT2D eigenvalue weighted by Crippen LogP contribution is -2.44. The molecule has 1 unspecified atom stereocenters. The lowest BCUT2D eigenvalue weighted by molar-refractivity contribution is 0.177. The van der Waals surface area contributed by atoms with E-state index in [2.05, 4.69) is 25.2 Å². The molecule has 0 aromatic heterocycles. The number of rotatable bonds is 1. The van der Waals surface area contributed by atoms with Crippen molar-refractivity contribution in [3.63, 3.8) is 0 Å². The van der Waals surface area contributed by atoms with Gasteiger partial charge in [0.05, 0.1) is 12.1 Å². The lowest BCUT2D eigenvalue weighted by atomic mass is 9.84. The maximum Gasteiger partial charge on any atom is 0.0688 e. The molecule has 0 bridgehead atoms. The van der Waals surface area contributed by atoms with E-state index in [9.17, 15) is 0 Å². The molecule has 0 saturated carbocycles. The zero-order chi connectivity index (χ0) is 8.60. The van der Waals surface area contributed by atoms with Crippen LogP contribution in [0.25, 0.3) is 0 Å². The van der Waals surface area contributed by atoms with Gasteiger partial charge >= 0.3 is 0 Å². The molecule has 1 fully saturated rings. The average Bonchev–Trinajstić information content (AvgIpc) is 2.61. The van der Waals surface area contributed by atoms with E-state index in [-0.39, 0.29) is 5.54 Å². The third kappa shape index (κ3) is 1.10. The van der Waals surface area contributed by atoms with Gasteiger partial charge < -0.3 is 10.1 Å². The fourth-order valence-corrected chi connectivity index (χ4v) is 2.37. The van der Waals surface area contributed by atoms with Crippen LogP contribution in [0.2, 0.25) is 0 Å². The van der Waals surface area contributed by atoms with Crippen LogP contribution in [-0.2, 0) is 4.74 Å². The number of ether oxygens (including phenoxy) is 1. The van der Waals surface area contributed by atoms with Gasteiger partial charge in [-0.15, -0.1) is 0 Å². The molecule has 2 aliphatic heterocycles. The molecular formula is C10H17NO. The summed E-state index contributed by atoms with van der Waals surface area (Å²) in [6.07, 6.45) is 3.48. The van der Waals surface area contributed by atoms with Gasteiger partial charge in [0.2, 0.25) is 0 Å². The van der Waals surface area contributed by atoms with E-state index in [1.807, 2.05) is 0 Å². The van der Waals surface area contributed by atoms with E-state index in [1.54, 1.807) is 5.57 Å². The summed E-state index contributed by atoms with van der Waals surface area (Å²) in [5, 5.41) is 3.55. The Kier molecular flexibility index (Phi) is 1.97. The summed E-state index contributed by atoms with van der Waals surface area (Å²) in [5.74, 6) is 0.654. The zero-order valence-corrected chi connectivity index (χ0v) is 7.89. The van der Waals surface area contributed by atoms with Gasteiger partial charge in [-0.05, 0) is 17.9 Å². The van der Waals surface area contributed by atoms with Crippen molar-refractivity contribution in [2.24, 2.45) is 5.92 Å². The highest BCUT2D eigenvalue weighted by molar-refractivity contribution is 5.29. The van der Waals surface area contributed by atoms with Crippen LogP contribution in [0.3, 0.4) is 0 Å². The first-order valence-electron chi connectivity index (χ1n) is 4.78. The lowest BCUT2D eigenvalue weighted by Gasteiger charge is -2.28. The molecule has 0 aromatic carbocycles. The van der Waals surface area contributed by atoms with Crippen molar-refractivity contribution in [3.05, 3.63) is 11.6 Å². The summed E-state index contributed by atoms with van der Waals surface area (Å²) in [6.45, 7) is 7.34. The van der Waals surface area contributed by atoms with Gasteiger partial charge in [-0.1, -0.05) is 19.9 Å². The summed E-state index contributed by atoms with van der Waals surface area (Å²) in [7, 11) is 0. The minimum absolute atomic E-state index is 0.216. The van der Waals surface area contributed by atoms with E-state index in [1.165, 1.54) is 0 Å². The summed E-state index contributed by atoms with van der Waals surface area (Å²) in [6, 6.07) is 0. The molecule has 0 radical (unpaired) electrons. The molecule has 68 valence electrons. The summed E-state index contributed by atoms with van der Waals surface area (Å²) in [4.78, 5) is 0. The smallest absolute Gasteiger partial charge is 0.0688 e. The Bertz CT molecular complexity index is 202. The molecular weight excluding hydrogens is 150 g/mol. The van der Waals surface area contributed by atoms with Gasteiger partial charge in [0, 0.05) is 13.2 Å². The second-order valence-corrected chi connectivity index (χ2v) is 4.08. The minimum Gasteiger partial charge on any atom is -0.379 e. The summed E-state index contributed by atoms with van der Waals surface area (Å²) < 4.78 is 5.46. The molecule has 1 N–H and O–H groups in total. The van der Waals surface area contributed by atoms with Crippen LogP contribution in [0.15, 0.2) is 11.6 Å². The Morgan fingerprint density at radius 1 is 1.58 bits per heavy atom. The minimum atomic E-state index is 0.216. The molecule has 1 saturated heterocycles. The first-order chi connectivity index (χ1) is 5.75. The number of nitrogens with one attached hydrogen (secondary N) is 1. The molecule has 2 rings (SSSR count). The molecule has 1 spiro atoms. The largest absolute Gasteiger partial charge is 0.379 e. The number of hydrogen-bond donors (Lipinski definition) is 1. The van der Waals surface area contributed by atoms with Crippen LogP contribution in [0.5, 0.6) is 0 Å². The van der Waals surface area contributed by atoms with Crippen LogP contribution >= 0.6 is 0 Å². The third-order valence-corrected chi connectivity index (χ3v) is 2.96. The van der Waals surface area contributed by atoms with Crippen LogP contribution in [-0.4, -0.2) is 25.3 Å². The molecule has 0 amide bonds. The highest BCUT2D eigenvalue weighted by atomic mass is 16.5.